The standard InChI is InChI=1S/C8H7NO3S/c10-6-8-3-1-7(2-4-8)5-9-13(11)12/h1-4,6H,5H2. The Morgan fingerprint density at radius 3 is 2.31 bits per heavy atom. The molecule has 1 rings (SSSR count). The highest BCUT2D eigenvalue weighted by Crippen LogP contribution is 2.03. The van der Waals surface area contributed by atoms with Crippen molar-refractivity contribution in [1.29, 1.82) is 0 Å². The summed E-state index contributed by atoms with van der Waals surface area (Å²) in [6.45, 7) is 0.120. The second-order valence-corrected chi connectivity index (χ2v) is 3.06. The SMILES string of the molecule is O=Cc1ccc(CN=S(=O)=O)cc1. The smallest absolute Gasteiger partial charge is 0.298 e. The first-order valence-corrected chi connectivity index (χ1v) is 4.56. The summed E-state index contributed by atoms with van der Waals surface area (Å²) >= 11 is 0. The summed E-state index contributed by atoms with van der Waals surface area (Å²) in [5.74, 6) is 0. The molecule has 0 N–H and O–H groups in total. The second-order valence-electron chi connectivity index (χ2n) is 2.36. The molecule has 0 aliphatic heterocycles. The van der Waals surface area contributed by atoms with Crippen molar-refractivity contribution < 1.29 is 13.2 Å². The van der Waals surface area contributed by atoms with E-state index in [1.165, 1.54) is 0 Å². The van der Waals surface area contributed by atoms with Crippen LogP contribution in [0.4, 0.5) is 0 Å². The summed E-state index contributed by atoms with van der Waals surface area (Å²) < 4.78 is 23.4. The summed E-state index contributed by atoms with van der Waals surface area (Å²) in [4.78, 5) is 10.3. The second kappa shape index (κ2) is 4.51. The van der Waals surface area contributed by atoms with Gasteiger partial charge >= 0.3 is 10.5 Å². The highest BCUT2D eigenvalue weighted by Gasteiger charge is 1.91. The molecule has 0 aliphatic carbocycles. The maximum atomic E-state index is 10.3. The molecule has 0 aromatic heterocycles. The number of benzene rings is 1. The zero-order chi connectivity index (χ0) is 9.68. The van der Waals surface area contributed by atoms with Crippen LogP contribution in [0.3, 0.4) is 0 Å². The lowest BCUT2D eigenvalue weighted by Crippen LogP contribution is -1.83. The molecule has 0 unspecified atom stereocenters. The van der Waals surface area contributed by atoms with Crippen molar-refractivity contribution in [3.8, 4) is 0 Å². The highest BCUT2D eigenvalue weighted by atomic mass is 32.2. The maximum Gasteiger partial charge on any atom is 0.311 e. The van der Waals surface area contributed by atoms with Crippen molar-refractivity contribution >= 4 is 16.8 Å². The van der Waals surface area contributed by atoms with E-state index in [0.717, 1.165) is 11.8 Å². The Balaban J connectivity index is 2.81. The fraction of sp³-hybridized carbons (Fsp3) is 0.125. The molecule has 0 atom stereocenters. The molecule has 1 aromatic carbocycles. The Kier molecular flexibility index (Phi) is 3.33. The van der Waals surface area contributed by atoms with Crippen LogP contribution in [0.25, 0.3) is 0 Å². The van der Waals surface area contributed by atoms with Gasteiger partial charge in [-0.25, -0.2) is 0 Å². The van der Waals surface area contributed by atoms with E-state index in [2.05, 4.69) is 4.36 Å². The van der Waals surface area contributed by atoms with E-state index in [-0.39, 0.29) is 6.54 Å². The molecule has 0 aliphatic rings. The quantitative estimate of drug-likeness (QED) is 0.680. The minimum atomic E-state index is -2.37. The van der Waals surface area contributed by atoms with E-state index in [9.17, 15) is 13.2 Å². The lowest BCUT2D eigenvalue weighted by molar-refractivity contribution is 0.112. The fourth-order valence-corrected chi connectivity index (χ4v) is 1.08. The van der Waals surface area contributed by atoms with E-state index in [1.807, 2.05) is 0 Å². The Morgan fingerprint density at radius 1 is 1.23 bits per heavy atom. The summed E-state index contributed by atoms with van der Waals surface area (Å²) in [5.41, 5.74) is 1.32. The van der Waals surface area contributed by atoms with Gasteiger partial charge in [-0.15, -0.1) is 0 Å². The van der Waals surface area contributed by atoms with Crippen LogP contribution in [0.1, 0.15) is 15.9 Å². The zero-order valence-electron chi connectivity index (χ0n) is 6.67. The monoisotopic (exact) mass is 197 g/mol. The van der Waals surface area contributed by atoms with Crippen molar-refractivity contribution in [3.63, 3.8) is 0 Å². The fourth-order valence-electron chi connectivity index (χ4n) is 0.829. The van der Waals surface area contributed by atoms with E-state index < -0.39 is 10.5 Å². The minimum absolute atomic E-state index is 0.120. The molecule has 13 heavy (non-hydrogen) atoms. The van der Waals surface area contributed by atoms with E-state index in [1.54, 1.807) is 24.3 Å². The van der Waals surface area contributed by atoms with Gasteiger partial charge in [0.2, 0.25) is 0 Å². The van der Waals surface area contributed by atoms with Gasteiger partial charge in [-0.3, -0.25) is 4.79 Å². The Morgan fingerprint density at radius 2 is 1.85 bits per heavy atom. The van der Waals surface area contributed by atoms with Gasteiger partial charge in [0.25, 0.3) is 0 Å². The van der Waals surface area contributed by atoms with Crippen LogP contribution in [-0.2, 0) is 17.0 Å². The molecule has 0 saturated heterocycles. The Labute approximate surface area is 76.9 Å². The van der Waals surface area contributed by atoms with Crippen LogP contribution >= 0.6 is 0 Å². The molecule has 1 aromatic rings. The van der Waals surface area contributed by atoms with Crippen LogP contribution < -0.4 is 0 Å². The van der Waals surface area contributed by atoms with Crippen LogP contribution in [0.2, 0.25) is 0 Å². The van der Waals surface area contributed by atoms with E-state index in [4.69, 9.17) is 0 Å². The van der Waals surface area contributed by atoms with Crippen LogP contribution in [0.15, 0.2) is 28.6 Å². The zero-order valence-corrected chi connectivity index (χ0v) is 7.49. The van der Waals surface area contributed by atoms with E-state index in [0.29, 0.717) is 5.56 Å². The predicted molar refractivity (Wildman–Crippen MR) is 46.9 cm³/mol. The molecule has 0 amide bonds. The van der Waals surface area contributed by atoms with Crippen molar-refractivity contribution in [1.82, 2.24) is 0 Å². The Bertz CT molecular complexity index is 411. The molecule has 0 bridgehead atoms. The number of carbonyl (C=O) groups is 1. The largest absolute Gasteiger partial charge is 0.311 e. The van der Waals surface area contributed by atoms with Gasteiger partial charge in [0.1, 0.15) is 6.29 Å². The summed E-state index contributed by atoms with van der Waals surface area (Å²) in [6, 6.07) is 6.57. The van der Waals surface area contributed by atoms with Gasteiger partial charge in [0, 0.05) is 5.56 Å². The topological polar surface area (TPSA) is 63.6 Å². The van der Waals surface area contributed by atoms with E-state index >= 15 is 0 Å². The molecular formula is C8H7NO3S. The van der Waals surface area contributed by atoms with Gasteiger partial charge in [0.15, 0.2) is 0 Å². The first kappa shape index (κ1) is 9.60. The molecule has 68 valence electrons. The molecule has 0 heterocycles. The van der Waals surface area contributed by atoms with Crippen LogP contribution in [0, 0.1) is 0 Å². The first-order chi connectivity index (χ1) is 6.22. The van der Waals surface area contributed by atoms with Crippen molar-refractivity contribution in [2.45, 2.75) is 6.54 Å². The highest BCUT2D eigenvalue weighted by molar-refractivity contribution is 7.61. The van der Waals surface area contributed by atoms with Crippen LogP contribution in [-0.4, -0.2) is 14.7 Å². The average molecular weight is 197 g/mol. The van der Waals surface area contributed by atoms with Gasteiger partial charge in [-0.1, -0.05) is 24.3 Å². The normalized spacial score (nSPS) is 9.23. The van der Waals surface area contributed by atoms with Gasteiger partial charge in [-0.2, -0.15) is 12.8 Å². The maximum absolute atomic E-state index is 10.3. The summed E-state index contributed by atoms with van der Waals surface area (Å²) in [7, 11) is -2.37. The third kappa shape index (κ3) is 3.16. The lowest BCUT2D eigenvalue weighted by atomic mass is 10.1. The molecule has 5 heteroatoms. The molecule has 0 spiro atoms. The summed E-state index contributed by atoms with van der Waals surface area (Å²) in [5, 5.41) is 0. The number of rotatable bonds is 3. The van der Waals surface area contributed by atoms with Gasteiger partial charge in [0.05, 0.1) is 6.54 Å². The molecular weight excluding hydrogens is 190 g/mol. The minimum Gasteiger partial charge on any atom is -0.298 e. The van der Waals surface area contributed by atoms with Gasteiger partial charge < -0.3 is 0 Å². The predicted octanol–water partition coefficient (Wildman–Crippen LogP) is 1.06. The Hall–Kier alpha value is -1.49. The number of hydrogen-bond acceptors (Lipinski definition) is 4. The lowest BCUT2D eigenvalue weighted by Gasteiger charge is -1.93. The first-order valence-electron chi connectivity index (χ1n) is 3.53. The molecule has 0 radical (unpaired) electrons. The van der Waals surface area contributed by atoms with Crippen molar-refractivity contribution in [3.05, 3.63) is 35.4 Å². The summed E-state index contributed by atoms with van der Waals surface area (Å²) in [6.07, 6.45) is 0.729. The molecule has 0 fully saturated rings. The van der Waals surface area contributed by atoms with Crippen molar-refractivity contribution in [2.75, 3.05) is 0 Å². The number of hydrogen-bond donors (Lipinski definition) is 0. The third-order valence-electron chi connectivity index (χ3n) is 1.47. The third-order valence-corrected chi connectivity index (χ3v) is 1.81. The number of carbonyl (C=O) groups excluding carboxylic acids is 1. The molecule has 0 saturated carbocycles. The van der Waals surface area contributed by atoms with Gasteiger partial charge in [-0.05, 0) is 5.56 Å². The number of aldehydes is 1. The number of nitrogens with zero attached hydrogens (tertiary/aromatic N) is 1. The average Bonchev–Trinajstić information content (AvgIpc) is 2.15. The van der Waals surface area contributed by atoms with Crippen molar-refractivity contribution in [2.24, 2.45) is 4.36 Å². The molecule has 4 nitrogen and oxygen atoms in total. The van der Waals surface area contributed by atoms with Crippen LogP contribution in [0.5, 0.6) is 0 Å².